The topological polar surface area (TPSA) is 74.3 Å². The van der Waals surface area contributed by atoms with Crippen molar-refractivity contribution in [2.24, 2.45) is 0 Å². The van der Waals surface area contributed by atoms with E-state index in [0.29, 0.717) is 18.7 Å². The largest absolute Gasteiger partial charge is 0.480 e. The molecule has 0 aliphatic carbocycles. The Morgan fingerprint density at radius 2 is 2.05 bits per heavy atom. The van der Waals surface area contributed by atoms with E-state index in [2.05, 4.69) is 0 Å². The van der Waals surface area contributed by atoms with Crippen molar-refractivity contribution in [1.29, 1.82) is 0 Å². The molecular weight excluding hydrogens is 256 g/mol. The first-order valence-corrected chi connectivity index (χ1v) is 6.64. The van der Waals surface area contributed by atoms with Gasteiger partial charge in [0.1, 0.15) is 6.61 Å². The van der Waals surface area contributed by atoms with Gasteiger partial charge in [-0.05, 0) is 31.2 Å². The summed E-state index contributed by atoms with van der Waals surface area (Å²) in [6.07, 6.45) is 0.391. The SMILES string of the molecule is CCC(=O)COc1cc2cc(N)ccc2n(CC)c1=O. The normalized spacial score (nSPS) is 10.7. The van der Waals surface area contributed by atoms with Crippen LogP contribution in [-0.2, 0) is 11.3 Å². The molecule has 0 aliphatic rings. The van der Waals surface area contributed by atoms with Gasteiger partial charge in [-0.2, -0.15) is 0 Å². The molecule has 0 bridgehead atoms. The van der Waals surface area contributed by atoms with Crippen molar-refractivity contribution >= 4 is 22.4 Å². The minimum atomic E-state index is -0.228. The number of benzene rings is 1. The van der Waals surface area contributed by atoms with Crippen LogP contribution < -0.4 is 16.0 Å². The van der Waals surface area contributed by atoms with Gasteiger partial charge in [0.05, 0.1) is 5.52 Å². The summed E-state index contributed by atoms with van der Waals surface area (Å²) in [6, 6.07) is 7.00. The Morgan fingerprint density at radius 1 is 1.30 bits per heavy atom. The number of aryl methyl sites for hydroxylation is 1. The fourth-order valence-corrected chi connectivity index (χ4v) is 2.06. The molecule has 106 valence electrons. The van der Waals surface area contributed by atoms with E-state index in [0.717, 1.165) is 10.9 Å². The highest BCUT2D eigenvalue weighted by atomic mass is 16.5. The standard InChI is InChI=1S/C15H18N2O3/c1-3-12(18)9-20-14-8-10-7-11(16)5-6-13(10)17(4-2)15(14)19/h5-8H,3-4,9,16H2,1-2H3. The minimum Gasteiger partial charge on any atom is -0.480 e. The molecule has 0 fully saturated rings. The maximum atomic E-state index is 12.3. The van der Waals surface area contributed by atoms with Crippen molar-refractivity contribution in [3.05, 3.63) is 34.6 Å². The minimum absolute atomic E-state index is 0.0416. The monoisotopic (exact) mass is 274 g/mol. The second-order valence-corrected chi connectivity index (χ2v) is 4.56. The Labute approximate surface area is 117 Å². The lowest BCUT2D eigenvalue weighted by Crippen LogP contribution is -2.23. The van der Waals surface area contributed by atoms with Gasteiger partial charge in [0, 0.05) is 24.0 Å². The number of nitrogen functional groups attached to an aromatic ring is 1. The fraction of sp³-hybridized carbons (Fsp3) is 0.333. The summed E-state index contributed by atoms with van der Waals surface area (Å²) in [5, 5.41) is 0.824. The Kier molecular flexibility index (Phi) is 4.08. The molecule has 1 aromatic heterocycles. The number of nitrogens with zero attached hydrogens (tertiary/aromatic N) is 1. The van der Waals surface area contributed by atoms with Crippen LogP contribution in [0.5, 0.6) is 5.75 Å². The summed E-state index contributed by atoms with van der Waals surface area (Å²) in [5.74, 6) is 0.145. The molecule has 0 unspecified atom stereocenters. The van der Waals surface area contributed by atoms with E-state index in [4.69, 9.17) is 10.5 Å². The van der Waals surface area contributed by atoms with E-state index >= 15 is 0 Å². The molecule has 0 atom stereocenters. The summed E-state index contributed by atoms with van der Waals surface area (Å²) >= 11 is 0. The highest BCUT2D eigenvalue weighted by molar-refractivity contribution is 5.84. The third kappa shape index (κ3) is 2.66. The second kappa shape index (κ2) is 5.77. The maximum Gasteiger partial charge on any atom is 0.293 e. The molecule has 2 N–H and O–H groups in total. The van der Waals surface area contributed by atoms with Crippen LogP contribution in [0.1, 0.15) is 20.3 Å². The van der Waals surface area contributed by atoms with E-state index < -0.39 is 0 Å². The number of anilines is 1. The maximum absolute atomic E-state index is 12.3. The number of carbonyl (C=O) groups is 1. The van der Waals surface area contributed by atoms with E-state index in [9.17, 15) is 9.59 Å². The first kappa shape index (κ1) is 14.1. The molecule has 2 aromatic rings. The third-order valence-electron chi connectivity index (χ3n) is 3.18. The highest BCUT2D eigenvalue weighted by Gasteiger charge is 2.10. The van der Waals surface area contributed by atoms with Crippen LogP contribution in [0.3, 0.4) is 0 Å². The molecule has 1 heterocycles. The van der Waals surface area contributed by atoms with Crippen LogP contribution in [-0.4, -0.2) is 17.0 Å². The lowest BCUT2D eigenvalue weighted by Gasteiger charge is -2.12. The summed E-state index contributed by atoms with van der Waals surface area (Å²) in [5.41, 5.74) is 6.96. The highest BCUT2D eigenvalue weighted by Crippen LogP contribution is 2.20. The number of rotatable bonds is 5. The van der Waals surface area contributed by atoms with Gasteiger partial charge in [-0.1, -0.05) is 6.92 Å². The number of hydrogen-bond acceptors (Lipinski definition) is 4. The van der Waals surface area contributed by atoms with Gasteiger partial charge < -0.3 is 15.0 Å². The van der Waals surface area contributed by atoms with E-state index in [1.807, 2.05) is 13.0 Å². The molecule has 0 aliphatic heterocycles. The zero-order chi connectivity index (χ0) is 14.7. The predicted octanol–water partition coefficient (Wildman–Crippen LogP) is 1.96. The van der Waals surface area contributed by atoms with Crippen molar-refractivity contribution in [3.63, 3.8) is 0 Å². The number of aromatic nitrogens is 1. The smallest absolute Gasteiger partial charge is 0.293 e. The molecule has 5 heteroatoms. The number of Topliss-reactive ketones (excluding diaryl/α,β-unsaturated/α-hetero) is 1. The van der Waals surface area contributed by atoms with E-state index in [1.54, 1.807) is 29.7 Å². The lowest BCUT2D eigenvalue weighted by molar-refractivity contribution is -0.120. The molecule has 0 amide bonds. The number of fused-ring (bicyclic) bond motifs is 1. The average Bonchev–Trinajstić information content (AvgIpc) is 2.45. The Balaban J connectivity index is 2.52. The van der Waals surface area contributed by atoms with Crippen LogP contribution in [0, 0.1) is 0 Å². The van der Waals surface area contributed by atoms with Gasteiger partial charge in [0.25, 0.3) is 5.56 Å². The van der Waals surface area contributed by atoms with Crippen LogP contribution in [0.25, 0.3) is 10.9 Å². The predicted molar refractivity (Wildman–Crippen MR) is 79.1 cm³/mol. The Morgan fingerprint density at radius 3 is 2.70 bits per heavy atom. The number of carbonyl (C=O) groups excluding carboxylic acids is 1. The second-order valence-electron chi connectivity index (χ2n) is 4.56. The molecule has 20 heavy (non-hydrogen) atoms. The number of hydrogen-bond donors (Lipinski definition) is 1. The van der Waals surface area contributed by atoms with Crippen molar-refractivity contribution in [2.75, 3.05) is 12.3 Å². The first-order chi connectivity index (χ1) is 9.56. The Bertz CT molecular complexity index is 704. The summed E-state index contributed by atoms with van der Waals surface area (Å²) in [7, 11) is 0. The van der Waals surface area contributed by atoms with E-state index in [1.165, 1.54) is 0 Å². The van der Waals surface area contributed by atoms with Crippen LogP contribution in [0.2, 0.25) is 0 Å². The van der Waals surface area contributed by atoms with Gasteiger partial charge in [0.2, 0.25) is 0 Å². The molecule has 0 saturated heterocycles. The number of nitrogens with two attached hydrogens (primary N) is 1. The van der Waals surface area contributed by atoms with Gasteiger partial charge in [0.15, 0.2) is 11.5 Å². The van der Waals surface area contributed by atoms with Crippen LogP contribution in [0.15, 0.2) is 29.1 Å². The Hall–Kier alpha value is -2.30. The molecule has 0 saturated carbocycles. The molecule has 2 rings (SSSR count). The quantitative estimate of drug-likeness (QED) is 0.846. The van der Waals surface area contributed by atoms with Crippen LogP contribution in [0.4, 0.5) is 5.69 Å². The van der Waals surface area contributed by atoms with Crippen molar-refractivity contribution in [3.8, 4) is 5.75 Å². The number of ether oxygens (including phenoxy) is 1. The summed E-state index contributed by atoms with van der Waals surface area (Å²) in [6.45, 7) is 4.09. The summed E-state index contributed by atoms with van der Waals surface area (Å²) < 4.78 is 6.97. The molecule has 1 aromatic carbocycles. The van der Waals surface area contributed by atoms with Gasteiger partial charge >= 0.3 is 0 Å². The number of pyridine rings is 1. The van der Waals surface area contributed by atoms with Crippen molar-refractivity contribution in [2.45, 2.75) is 26.8 Å². The van der Waals surface area contributed by atoms with Crippen molar-refractivity contribution in [1.82, 2.24) is 4.57 Å². The van der Waals surface area contributed by atoms with Gasteiger partial charge in [-0.25, -0.2) is 0 Å². The molecule has 0 spiro atoms. The first-order valence-electron chi connectivity index (χ1n) is 6.64. The molecule has 0 radical (unpaired) electrons. The third-order valence-corrected chi connectivity index (χ3v) is 3.18. The van der Waals surface area contributed by atoms with Gasteiger partial charge in [-0.3, -0.25) is 9.59 Å². The summed E-state index contributed by atoms with van der Waals surface area (Å²) in [4.78, 5) is 23.6. The van der Waals surface area contributed by atoms with Gasteiger partial charge in [-0.15, -0.1) is 0 Å². The molecular formula is C15H18N2O3. The molecule has 5 nitrogen and oxygen atoms in total. The lowest BCUT2D eigenvalue weighted by atomic mass is 10.2. The average molecular weight is 274 g/mol. The van der Waals surface area contributed by atoms with Crippen LogP contribution >= 0.6 is 0 Å². The number of ketones is 1. The fourth-order valence-electron chi connectivity index (χ4n) is 2.06. The zero-order valence-electron chi connectivity index (χ0n) is 11.7. The zero-order valence-corrected chi connectivity index (χ0v) is 11.7. The van der Waals surface area contributed by atoms with Crippen molar-refractivity contribution < 1.29 is 9.53 Å². The van der Waals surface area contributed by atoms with E-state index in [-0.39, 0.29) is 23.7 Å².